The second-order valence-corrected chi connectivity index (χ2v) is 6.81. The molecule has 9 heteroatoms. The van der Waals surface area contributed by atoms with Gasteiger partial charge in [0.1, 0.15) is 12.4 Å². The summed E-state index contributed by atoms with van der Waals surface area (Å²) in [4.78, 5) is 15.4. The topological polar surface area (TPSA) is 45.3 Å². The molecule has 0 spiro atoms. The lowest BCUT2D eigenvalue weighted by Gasteiger charge is -2.24. The quantitative estimate of drug-likeness (QED) is 0.565. The van der Waals surface area contributed by atoms with Gasteiger partial charge in [0, 0.05) is 12.7 Å². The third-order valence-electron chi connectivity index (χ3n) is 4.06. The van der Waals surface area contributed by atoms with Crippen LogP contribution in [0.15, 0.2) is 48.7 Å². The smallest absolute Gasteiger partial charge is 0.471 e. The fourth-order valence-corrected chi connectivity index (χ4v) is 3.22. The van der Waals surface area contributed by atoms with Crippen LogP contribution in [0.1, 0.15) is 5.56 Å². The van der Waals surface area contributed by atoms with Crippen molar-refractivity contribution >= 4 is 40.0 Å². The van der Waals surface area contributed by atoms with Crippen LogP contribution >= 0.6 is 23.2 Å². The molecular weight excluding hydrogens is 416 g/mol. The highest BCUT2D eigenvalue weighted by Crippen LogP contribution is 2.36. The average Bonchev–Trinajstić information content (AvgIpc) is 3.05. The second-order valence-electron chi connectivity index (χ2n) is 5.99. The van der Waals surface area contributed by atoms with E-state index in [-0.39, 0.29) is 19.7 Å². The fourth-order valence-electron chi connectivity index (χ4n) is 2.77. The van der Waals surface area contributed by atoms with Crippen molar-refractivity contribution < 1.29 is 22.7 Å². The number of amides is 1. The summed E-state index contributed by atoms with van der Waals surface area (Å²) in [5.74, 6) is -1.55. The van der Waals surface area contributed by atoms with Gasteiger partial charge in [-0.1, -0.05) is 53.5 Å². The van der Waals surface area contributed by atoms with E-state index in [0.717, 1.165) is 0 Å². The summed E-state index contributed by atoms with van der Waals surface area (Å²) >= 11 is 12.2. The Morgan fingerprint density at radius 3 is 2.46 bits per heavy atom. The first kappa shape index (κ1) is 20.4. The molecule has 1 amide bonds. The zero-order chi connectivity index (χ0) is 20.3. The largest absolute Gasteiger partial charge is 0.491 e. The van der Waals surface area contributed by atoms with Gasteiger partial charge in [-0.25, -0.2) is 0 Å². The minimum atomic E-state index is -4.97. The first-order chi connectivity index (χ1) is 13.3. The van der Waals surface area contributed by atoms with E-state index >= 15 is 0 Å². The molecule has 0 unspecified atom stereocenters. The predicted molar refractivity (Wildman–Crippen MR) is 102 cm³/mol. The van der Waals surface area contributed by atoms with E-state index < -0.39 is 12.1 Å². The Bertz CT molecular complexity index is 974. The molecule has 1 aromatic heterocycles. The molecule has 1 heterocycles. The lowest BCUT2D eigenvalue weighted by molar-refractivity contribution is -0.186. The second kappa shape index (κ2) is 8.32. The molecule has 2 aromatic carbocycles. The Morgan fingerprint density at radius 2 is 1.79 bits per heavy atom. The lowest BCUT2D eigenvalue weighted by Crippen LogP contribution is -2.42. The molecule has 4 nitrogen and oxygen atoms in total. The number of hydrogen-bond acceptors (Lipinski definition) is 2. The van der Waals surface area contributed by atoms with Crippen LogP contribution in [0.4, 0.5) is 13.2 Å². The van der Waals surface area contributed by atoms with E-state index in [1.807, 2.05) is 0 Å². The molecule has 148 valence electrons. The van der Waals surface area contributed by atoms with E-state index in [9.17, 15) is 18.0 Å². The van der Waals surface area contributed by atoms with Gasteiger partial charge >= 0.3 is 12.1 Å². The van der Waals surface area contributed by atoms with Gasteiger partial charge in [0.2, 0.25) is 0 Å². The highest BCUT2D eigenvalue weighted by Gasteiger charge is 2.42. The van der Waals surface area contributed by atoms with Crippen LogP contribution in [0.25, 0.3) is 10.9 Å². The molecule has 0 saturated heterocycles. The van der Waals surface area contributed by atoms with E-state index in [1.54, 1.807) is 48.7 Å². The van der Waals surface area contributed by atoms with Crippen molar-refractivity contribution in [2.24, 2.45) is 0 Å². The van der Waals surface area contributed by atoms with Crippen molar-refractivity contribution in [3.8, 4) is 5.75 Å². The van der Waals surface area contributed by atoms with Crippen LogP contribution in [-0.4, -0.2) is 35.1 Å². The molecule has 0 aliphatic rings. The number of rotatable bonds is 6. The molecule has 0 saturated carbocycles. The van der Waals surface area contributed by atoms with Crippen molar-refractivity contribution in [2.75, 3.05) is 13.2 Å². The van der Waals surface area contributed by atoms with Gasteiger partial charge in [0.05, 0.1) is 27.5 Å². The number of H-pyrrole nitrogens is 1. The number of fused-ring (bicyclic) bond motifs is 1. The molecule has 0 bridgehead atoms. The molecule has 3 rings (SSSR count). The van der Waals surface area contributed by atoms with Crippen molar-refractivity contribution in [3.05, 3.63) is 64.3 Å². The van der Waals surface area contributed by atoms with E-state index in [1.165, 1.54) is 0 Å². The van der Waals surface area contributed by atoms with Crippen molar-refractivity contribution in [2.45, 2.75) is 12.7 Å². The third kappa shape index (κ3) is 4.54. The summed E-state index contributed by atoms with van der Waals surface area (Å²) in [6, 6.07) is 11.6. The maximum atomic E-state index is 12.9. The maximum absolute atomic E-state index is 12.9. The van der Waals surface area contributed by atoms with Crippen LogP contribution in [-0.2, 0) is 11.3 Å². The molecule has 28 heavy (non-hydrogen) atoms. The van der Waals surface area contributed by atoms with Gasteiger partial charge in [-0.2, -0.15) is 13.2 Å². The summed E-state index contributed by atoms with van der Waals surface area (Å²) in [5.41, 5.74) is 1.15. The Hall–Kier alpha value is -2.38. The van der Waals surface area contributed by atoms with Crippen LogP contribution in [0.3, 0.4) is 0 Å². The summed E-state index contributed by atoms with van der Waals surface area (Å²) in [5, 5.41) is 1.35. The van der Waals surface area contributed by atoms with Crippen molar-refractivity contribution in [1.29, 1.82) is 0 Å². The first-order valence-electron chi connectivity index (χ1n) is 8.25. The predicted octanol–water partition coefficient (Wildman–Crippen LogP) is 5.44. The minimum Gasteiger partial charge on any atom is -0.491 e. The molecule has 0 aliphatic heterocycles. The molecule has 0 fully saturated rings. The summed E-state index contributed by atoms with van der Waals surface area (Å²) < 4.78 is 44.5. The normalized spacial score (nSPS) is 11.6. The molecular formula is C19H15Cl2F3N2O2. The Kier molecular flexibility index (Phi) is 6.05. The number of nitrogens with zero attached hydrogens (tertiary/aromatic N) is 1. The number of aromatic nitrogens is 1. The average molecular weight is 431 g/mol. The van der Waals surface area contributed by atoms with E-state index in [4.69, 9.17) is 27.9 Å². The Labute approximate surface area is 168 Å². The van der Waals surface area contributed by atoms with Crippen LogP contribution < -0.4 is 4.74 Å². The maximum Gasteiger partial charge on any atom is 0.471 e. The monoisotopic (exact) mass is 430 g/mol. The van der Waals surface area contributed by atoms with Crippen molar-refractivity contribution in [1.82, 2.24) is 9.88 Å². The molecule has 0 aliphatic carbocycles. The van der Waals surface area contributed by atoms with Crippen LogP contribution in [0.5, 0.6) is 5.75 Å². The minimum absolute atomic E-state index is 0.146. The fraction of sp³-hybridized carbons (Fsp3) is 0.211. The van der Waals surface area contributed by atoms with Crippen LogP contribution in [0.2, 0.25) is 10.0 Å². The number of hydrogen-bond donors (Lipinski definition) is 1. The Balaban J connectivity index is 1.74. The van der Waals surface area contributed by atoms with E-state index in [0.29, 0.717) is 37.2 Å². The zero-order valence-corrected chi connectivity index (χ0v) is 15.9. The Morgan fingerprint density at radius 1 is 1.07 bits per heavy atom. The van der Waals surface area contributed by atoms with Gasteiger partial charge in [0.25, 0.3) is 0 Å². The number of aromatic amines is 1. The number of nitrogens with one attached hydrogen (secondary N) is 1. The van der Waals surface area contributed by atoms with Crippen molar-refractivity contribution in [3.63, 3.8) is 0 Å². The van der Waals surface area contributed by atoms with Gasteiger partial charge in [0.15, 0.2) is 0 Å². The molecule has 1 N–H and O–H groups in total. The number of halogens is 5. The van der Waals surface area contributed by atoms with E-state index in [2.05, 4.69) is 4.98 Å². The first-order valence-corrected chi connectivity index (χ1v) is 9.01. The number of benzene rings is 2. The zero-order valence-electron chi connectivity index (χ0n) is 14.4. The molecule has 3 aromatic rings. The van der Waals surface area contributed by atoms with Gasteiger partial charge < -0.3 is 14.6 Å². The molecule has 0 radical (unpaired) electrons. The van der Waals surface area contributed by atoms with Crippen LogP contribution in [0, 0.1) is 0 Å². The molecule has 0 atom stereocenters. The SMILES string of the molecule is O=C(N(CCOc1ccc(Cl)c2[nH]cc(Cl)c12)Cc1ccccc1)C(F)(F)F. The number of alkyl halides is 3. The number of carbonyl (C=O) groups is 1. The number of ether oxygens (including phenoxy) is 1. The summed E-state index contributed by atoms with van der Waals surface area (Å²) in [6.45, 7) is -0.574. The standard InChI is InChI=1S/C19H15Cl2F3N2O2/c20-13-6-7-15(16-14(21)10-25-17(13)16)28-9-8-26(18(27)19(22,23)24)11-12-4-2-1-3-5-12/h1-7,10,25H,8-9,11H2. The van der Waals surface area contributed by atoms with Gasteiger partial charge in [-0.15, -0.1) is 0 Å². The number of carbonyl (C=O) groups excluding carboxylic acids is 1. The lowest BCUT2D eigenvalue weighted by atomic mass is 10.2. The highest BCUT2D eigenvalue weighted by atomic mass is 35.5. The van der Waals surface area contributed by atoms with Gasteiger partial charge in [-0.3, -0.25) is 4.79 Å². The third-order valence-corrected chi connectivity index (χ3v) is 4.68. The van der Waals surface area contributed by atoms with Gasteiger partial charge in [-0.05, 0) is 17.7 Å². The summed E-state index contributed by atoms with van der Waals surface area (Å²) in [7, 11) is 0. The highest BCUT2D eigenvalue weighted by molar-refractivity contribution is 6.40. The summed E-state index contributed by atoms with van der Waals surface area (Å²) in [6.07, 6.45) is -3.42.